The summed E-state index contributed by atoms with van der Waals surface area (Å²) in [6.07, 6.45) is -2.82. The van der Waals surface area contributed by atoms with Crippen LogP contribution in [-0.2, 0) is 16.6 Å². The van der Waals surface area contributed by atoms with E-state index in [2.05, 4.69) is 15.6 Å². The van der Waals surface area contributed by atoms with Gasteiger partial charge >= 0.3 is 12.1 Å². The van der Waals surface area contributed by atoms with E-state index in [1.165, 1.54) is 48.1 Å². The number of piperazine rings is 1. The number of nitriles is 1. The van der Waals surface area contributed by atoms with Crippen LogP contribution in [0.2, 0.25) is 5.02 Å². The molecule has 21 heteroatoms. The smallest absolute Gasteiger partial charge is 0.476 e. The number of carbonyl (C=O) groups excluding carboxylic acids is 3. The third-order valence-corrected chi connectivity index (χ3v) is 8.74. The summed E-state index contributed by atoms with van der Waals surface area (Å²) in [6.45, 7) is 1.97. The van der Waals surface area contributed by atoms with E-state index in [4.69, 9.17) is 31.5 Å². The molecule has 3 amide bonds. The number of rotatable bonds is 8. The lowest BCUT2D eigenvalue weighted by molar-refractivity contribution is -0.192. The Morgan fingerprint density at radius 3 is 2.35 bits per heavy atom. The van der Waals surface area contributed by atoms with E-state index >= 15 is 0 Å². The van der Waals surface area contributed by atoms with Gasteiger partial charge in [0.05, 0.1) is 29.1 Å². The number of aliphatic carboxylic acids is 1. The summed E-state index contributed by atoms with van der Waals surface area (Å²) in [5, 5.41) is 31.1. The van der Waals surface area contributed by atoms with Crippen molar-refractivity contribution < 1.29 is 56.1 Å². The number of piperidine rings is 1. The van der Waals surface area contributed by atoms with Gasteiger partial charge in [-0.1, -0.05) is 11.6 Å². The van der Waals surface area contributed by atoms with Gasteiger partial charge in [-0.3, -0.25) is 14.4 Å². The van der Waals surface area contributed by atoms with E-state index in [0.29, 0.717) is 45.6 Å². The van der Waals surface area contributed by atoms with E-state index in [9.17, 15) is 41.4 Å². The number of aliphatic hydroxyl groups excluding tert-OH is 1. The molecule has 4 N–H and O–H groups in total. The zero-order chi connectivity index (χ0) is 39.0. The lowest BCUT2D eigenvalue weighted by Gasteiger charge is -2.38. The van der Waals surface area contributed by atoms with Crippen LogP contribution in [0, 0.1) is 28.9 Å². The Morgan fingerprint density at radius 2 is 1.76 bits per heavy atom. The second-order valence-corrected chi connectivity index (χ2v) is 12.3. The van der Waals surface area contributed by atoms with Crippen molar-refractivity contribution in [1.29, 1.82) is 5.26 Å². The van der Waals surface area contributed by atoms with Gasteiger partial charge in [0.1, 0.15) is 6.07 Å². The van der Waals surface area contributed by atoms with Crippen molar-refractivity contribution in [2.45, 2.75) is 25.1 Å². The minimum absolute atomic E-state index is 0. The Balaban J connectivity index is 0.000000893. The summed E-state index contributed by atoms with van der Waals surface area (Å²) < 4.78 is 67.2. The predicted molar refractivity (Wildman–Crippen MR) is 187 cm³/mol. The number of alkyl halides is 3. The third kappa shape index (κ3) is 10.4. The Bertz CT molecular complexity index is 1900. The topological polar surface area (TPSA) is 190 Å². The molecule has 2 aromatic carbocycles. The third-order valence-electron chi connectivity index (χ3n) is 8.43. The first-order valence-electron chi connectivity index (χ1n) is 15.9. The number of carbonyl (C=O) groups is 4. The van der Waals surface area contributed by atoms with Gasteiger partial charge in [-0.05, 0) is 43.2 Å². The van der Waals surface area contributed by atoms with Gasteiger partial charge in [-0.15, -0.1) is 0 Å². The SMILES string of the molecule is Cn1c(-c2ccc(OCC#N)c(F)c2F)cnc1C(=O)Nc1ccc(C(=O)N2CCC(C(=O)N3CCN[C@H](CO)C3)CC2)c(Cl)c1.O=C(O)C(F)(F)F.S. The summed E-state index contributed by atoms with van der Waals surface area (Å²) in [5.74, 6) is -6.85. The number of imidazole rings is 1. The van der Waals surface area contributed by atoms with E-state index < -0.39 is 42.0 Å². The van der Waals surface area contributed by atoms with Crippen LogP contribution in [0.5, 0.6) is 5.75 Å². The highest BCUT2D eigenvalue weighted by atomic mass is 35.5. The van der Waals surface area contributed by atoms with Gasteiger partial charge in [0.2, 0.25) is 11.7 Å². The molecule has 2 saturated heterocycles. The predicted octanol–water partition coefficient (Wildman–Crippen LogP) is 3.56. The number of amides is 3. The summed E-state index contributed by atoms with van der Waals surface area (Å²) in [6, 6.07) is 8.46. The molecular weight excluding hydrogens is 769 g/mol. The highest BCUT2D eigenvalue weighted by Gasteiger charge is 2.38. The molecule has 0 aliphatic carbocycles. The van der Waals surface area contributed by atoms with Gasteiger partial charge < -0.3 is 40.0 Å². The maximum atomic E-state index is 14.8. The first-order chi connectivity index (χ1) is 25.1. The first kappa shape index (κ1) is 43.4. The second kappa shape index (κ2) is 18.9. The molecule has 14 nitrogen and oxygen atoms in total. The molecule has 54 heavy (non-hydrogen) atoms. The number of halogens is 6. The number of aliphatic hydroxyl groups is 1. The fourth-order valence-electron chi connectivity index (χ4n) is 5.68. The quantitative estimate of drug-likeness (QED) is 0.245. The minimum atomic E-state index is -5.08. The Kier molecular flexibility index (Phi) is 15.2. The molecule has 0 radical (unpaired) electrons. The Morgan fingerprint density at radius 1 is 1.09 bits per heavy atom. The number of nitrogens with one attached hydrogen (secondary N) is 2. The van der Waals surface area contributed by atoms with Gasteiger partial charge in [-0.2, -0.15) is 36.3 Å². The zero-order valence-corrected chi connectivity index (χ0v) is 30.2. The number of nitrogens with zero attached hydrogens (tertiary/aromatic N) is 5. The summed E-state index contributed by atoms with van der Waals surface area (Å²) >= 11 is 6.46. The lowest BCUT2D eigenvalue weighted by atomic mass is 9.94. The normalized spacial score (nSPS) is 15.9. The van der Waals surface area contributed by atoms with Crippen LogP contribution >= 0.6 is 25.1 Å². The van der Waals surface area contributed by atoms with Crippen LogP contribution in [0.25, 0.3) is 11.3 Å². The molecule has 0 unspecified atom stereocenters. The zero-order valence-electron chi connectivity index (χ0n) is 28.4. The Labute approximate surface area is 316 Å². The summed E-state index contributed by atoms with van der Waals surface area (Å²) in [4.78, 5) is 55.7. The summed E-state index contributed by atoms with van der Waals surface area (Å²) in [7, 11) is 1.47. The van der Waals surface area contributed by atoms with Crippen LogP contribution in [0.4, 0.5) is 27.6 Å². The number of aromatic nitrogens is 2. The van der Waals surface area contributed by atoms with Crippen LogP contribution in [-0.4, -0.2) is 111 Å². The highest BCUT2D eigenvalue weighted by molar-refractivity contribution is 7.59. The average molecular weight is 804 g/mol. The number of ether oxygens (including phenoxy) is 1. The lowest BCUT2D eigenvalue weighted by Crippen LogP contribution is -2.56. The van der Waals surface area contributed by atoms with Crippen LogP contribution in [0.15, 0.2) is 36.5 Å². The molecule has 292 valence electrons. The second-order valence-electron chi connectivity index (χ2n) is 11.8. The minimum Gasteiger partial charge on any atom is -0.476 e. The van der Waals surface area contributed by atoms with Gasteiger partial charge in [0, 0.05) is 63.0 Å². The molecule has 2 aliphatic heterocycles. The molecule has 2 aliphatic rings. The van der Waals surface area contributed by atoms with E-state index in [0.717, 1.165) is 0 Å². The molecule has 0 saturated carbocycles. The fourth-order valence-corrected chi connectivity index (χ4v) is 5.94. The number of carboxylic acids is 1. The van der Waals surface area contributed by atoms with E-state index in [1.54, 1.807) is 15.9 Å². The molecule has 5 rings (SSSR count). The van der Waals surface area contributed by atoms with E-state index in [-0.39, 0.29) is 77.2 Å². The molecular formula is C33H35ClF5N7O7S. The molecule has 1 aromatic heterocycles. The fraction of sp³-hybridized carbons (Fsp3) is 0.394. The maximum absolute atomic E-state index is 14.8. The largest absolute Gasteiger partial charge is 0.490 e. The number of carboxylic acid groups (broad SMARTS) is 1. The van der Waals surface area contributed by atoms with Crippen molar-refractivity contribution in [2.24, 2.45) is 13.0 Å². The number of likely N-dealkylation sites (tertiary alicyclic amines) is 1. The average Bonchev–Trinajstić information content (AvgIpc) is 3.52. The first-order valence-corrected chi connectivity index (χ1v) is 16.3. The van der Waals surface area contributed by atoms with Crippen molar-refractivity contribution in [1.82, 2.24) is 24.7 Å². The molecule has 3 aromatic rings. The van der Waals surface area contributed by atoms with Crippen molar-refractivity contribution >= 4 is 54.5 Å². The molecule has 0 bridgehead atoms. The van der Waals surface area contributed by atoms with Crippen molar-refractivity contribution in [2.75, 3.05) is 51.3 Å². The van der Waals surface area contributed by atoms with Crippen molar-refractivity contribution in [3.63, 3.8) is 0 Å². The standard InChI is InChI=1S/C31H32ClF2N7O5.C2HF3O2.H2S/c1-39-24(22-4-5-25(46-13-8-35)27(34)26(22)33)15-37-28(39)29(43)38-19-2-3-21(23(32)14-19)31(45)40-10-6-18(7-11-40)30(44)41-12-9-36-20(16-41)17-42;3-2(4,5)1(6)7;/h2-5,14-15,18,20,36,42H,6-7,9-13,16-17H2,1H3,(H,38,43);(H,6,7);1H2/t20-;;/m0../s1. The van der Waals surface area contributed by atoms with Gasteiger partial charge in [0.15, 0.2) is 24.0 Å². The van der Waals surface area contributed by atoms with Crippen molar-refractivity contribution in [3.05, 3.63) is 64.6 Å². The van der Waals surface area contributed by atoms with Gasteiger partial charge in [0.25, 0.3) is 11.8 Å². The maximum Gasteiger partial charge on any atom is 0.490 e. The Hall–Kier alpha value is -4.97. The molecule has 3 heterocycles. The highest BCUT2D eigenvalue weighted by Crippen LogP contribution is 2.31. The number of hydrogen-bond donors (Lipinski definition) is 4. The molecule has 1 atom stereocenters. The molecule has 0 spiro atoms. The number of benzene rings is 2. The van der Waals surface area contributed by atoms with Crippen molar-refractivity contribution in [3.8, 4) is 23.1 Å². The van der Waals surface area contributed by atoms with Gasteiger partial charge in [-0.25, -0.2) is 14.2 Å². The summed E-state index contributed by atoms with van der Waals surface area (Å²) in [5.41, 5.74) is 0.500. The van der Waals surface area contributed by atoms with Crippen LogP contribution < -0.4 is 15.4 Å². The van der Waals surface area contributed by atoms with E-state index in [1.807, 2.05) is 0 Å². The molecule has 2 fully saturated rings. The van der Waals surface area contributed by atoms with Crippen LogP contribution in [0.1, 0.15) is 33.8 Å². The van der Waals surface area contributed by atoms with Crippen LogP contribution in [0.3, 0.4) is 0 Å². The number of anilines is 1. The number of hydrogen-bond acceptors (Lipinski definition) is 9. The monoisotopic (exact) mass is 803 g/mol.